The molecule has 3 heteroatoms. The van der Waals surface area contributed by atoms with Crippen LogP contribution in [0.1, 0.15) is 38.3 Å². The highest BCUT2D eigenvalue weighted by Crippen LogP contribution is 2.32. The first kappa shape index (κ1) is 20.9. The highest BCUT2D eigenvalue weighted by Gasteiger charge is 2.25. The lowest BCUT2D eigenvalue weighted by Crippen LogP contribution is -2.23. The molecule has 0 saturated carbocycles. The van der Waals surface area contributed by atoms with Crippen LogP contribution in [0.4, 0.5) is 4.39 Å². The van der Waals surface area contributed by atoms with Gasteiger partial charge < -0.3 is 9.47 Å². The zero-order chi connectivity index (χ0) is 20.7. The van der Waals surface area contributed by atoms with Gasteiger partial charge >= 0.3 is 0 Å². The molecule has 1 unspecified atom stereocenters. The van der Waals surface area contributed by atoms with Gasteiger partial charge in [-0.05, 0) is 66.3 Å². The third-order valence-electron chi connectivity index (χ3n) is 5.01. The predicted molar refractivity (Wildman–Crippen MR) is 117 cm³/mol. The fraction of sp³-hybridized carbons (Fsp3) is 0.308. The maximum Gasteiger partial charge on any atom is 0.127 e. The van der Waals surface area contributed by atoms with Crippen LogP contribution in [-0.4, -0.2) is 12.8 Å². The molecule has 0 radical (unpaired) electrons. The van der Waals surface area contributed by atoms with E-state index in [4.69, 9.17) is 9.47 Å². The standard InChI is InChI=1S/C26H29FO2/c1-4-28-23-15-13-21(14-16-23)26(2,3)19-22(27)17-20-9-8-12-25(18-20)29-24-10-6-5-7-11-24/h5-16,18,22H,4,17,19H2,1-3H3. The van der Waals surface area contributed by atoms with Gasteiger partial charge in [-0.2, -0.15) is 0 Å². The number of benzene rings is 3. The number of ether oxygens (including phenoxy) is 2. The lowest BCUT2D eigenvalue weighted by Gasteiger charge is -2.27. The van der Waals surface area contributed by atoms with E-state index in [1.807, 2.05) is 85.8 Å². The summed E-state index contributed by atoms with van der Waals surface area (Å²) in [5.74, 6) is 2.35. The smallest absolute Gasteiger partial charge is 0.127 e. The molecule has 0 aliphatic heterocycles. The summed E-state index contributed by atoms with van der Waals surface area (Å²) in [6, 6.07) is 25.3. The van der Waals surface area contributed by atoms with Crippen LogP contribution in [0.5, 0.6) is 17.2 Å². The summed E-state index contributed by atoms with van der Waals surface area (Å²) in [6.07, 6.45) is -0.124. The first-order chi connectivity index (χ1) is 14.0. The van der Waals surface area contributed by atoms with Crippen molar-refractivity contribution in [3.8, 4) is 17.2 Å². The van der Waals surface area contributed by atoms with Gasteiger partial charge in [0.05, 0.1) is 6.61 Å². The average molecular weight is 393 g/mol. The lowest BCUT2D eigenvalue weighted by molar-refractivity contribution is 0.259. The molecule has 29 heavy (non-hydrogen) atoms. The summed E-state index contributed by atoms with van der Waals surface area (Å²) in [5, 5.41) is 0. The van der Waals surface area contributed by atoms with Gasteiger partial charge in [-0.1, -0.05) is 56.3 Å². The summed E-state index contributed by atoms with van der Waals surface area (Å²) < 4.78 is 26.3. The third kappa shape index (κ3) is 6.08. The number of hydrogen-bond acceptors (Lipinski definition) is 2. The van der Waals surface area contributed by atoms with Gasteiger partial charge in [-0.15, -0.1) is 0 Å². The van der Waals surface area contributed by atoms with Crippen molar-refractivity contribution in [3.05, 3.63) is 90.0 Å². The molecule has 3 aromatic carbocycles. The Morgan fingerprint density at radius 1 is 0.828 bits per heavy atom. The molecule has 0 amide bonds. The molecule has 0 saturated heterocycles. The van der Waals surface area contributed by atoms with Gasteiger partial charge in [0, 0.05) is 6.42 Å². The van der Waals surface area contributed by atoms with Crippen LogP contribution in [0, 0.1) is 0 Å². The molecule has 0 aromatic heterocycles. The largest absolute Gasteiger partial charge is 0.494 e. The van der Waals surface area contributed by atoms with Crippen molar-refractivity contribution in [2.45, 2.75) is 45.2 Å². The highest BCUT2D eigenvalue weighted by atomic mass is 19.1. The number of para-hydroxylation sites is 1. The second kappa shape index (κ2) is 9.60. The van der Waals surface area contributed by atoms with Crippen LogP contribution in [0.15, 0.2) is 78.9 Å². The summed E-state index contributed by atoms with van der Waals surface area (Å²) in [4.78, 5) is 0. The Hall–Kier alpha value is -2.81. The van der Waals surface area contributed by atoms with Crippen molar-refractivity contribution in [1.29, 1.82) is 0 Å². The summed E-state index contributed by atoms with van der Waals surface area (Å²) >= 11 is 0. The van der Waals surface area contributed by atoms with E-state index in [1.54, 1.807) is 0 Å². The molecule has 0 N–H and O–H groups in total. The minimum atomic E-state index is -0.941. The van der Waals surface area contributed by atoms with Gasteiger partial charge in [-0.3, -0.25) is 0 Å². The molecule has 0 bridgehead atoms. The van der Waals surface area contributed by atoms with Gasteiger partial charge in [-0.25, -0.2) is 4.39 Å². The van der Waals surface area contributed by atoms with Gasteiger partial charge in [0.1, 0.15) is 23.4 Å². The van der Waals surface area contributed by atoms with Crippen LogP contribution in [0.3, 0.4) is 0 Å². The molecular weight excluding hydrogens is 363 g/mol. The Kier molecular flexibility index (Phi) is 6.92. The monoisotopic (exact) mass is 392 g/mol. The van der Waals surface area contributed by atoms with E-state index < -0.39 is 6.17 Å². The first-order valence-electron chi connectivity index (χ1n) is 10.2. The molecule has 0 heterocycles. The fourth-order valence-corrected chi connectivity index (χ4v) is 3.53. The van der Waals surface area contributed by atoms with E-state index >= 15 is 0 Å². The molecule has 0 fully saturated rings. The Labute approximate surface area is 173 Å². The molecule has 152 valence electrons. The number of alkyl halides is 1. The minimum Gasteiger partial charge on any atom is -0.494 e. The fourth-order valence-electron chi connectivity index (χ4n) is 3.53. The Morgan fingerprint density at radius 2 is 1.52 bits per heavy atom. The van der Waals surface area contributed by atoms with Crippen molar-refractivity contribution in [2.75, 3.05) is 6.61 Å². The maximum absolute atomic E-state index is 15.0. The van der Waals surface area contributed by atoms with Crippen molar-refractivity contribution >= 4 is 0 Å². The summed E-state index contributed by atoms with van der Waals surface area (Å²) in [5.41, 5.74) is 1.79. The molecular formula is C26H29FO2. The zero-order valence-corrected chi connectivity index (χ0v) is 17.4. The normalized spacial score (nSPS) is 12.4. The van der Waals surface area contributed by atoms with Gasteiger partial charge in [0.15, 0.2) is 0 Å². The Balaban J connectivity index is 1.62. The topological polar surface area (TPSA) is 18.5 Å². The molecule has 0 aliphatic carbocycles. The van der Waals surface area contributed by atoms with Crippen LogP contribution in [0.2, 0.25) is 0 Å². The lowest BCUT2D eigenvalue weighted by atomic mass is 9.79. The predicted octanol–water partition coefficient (Wildman–Crippen LogP) is 7.13. The van der Waals surface area contributed by atoms with E-state index in [1.165, 1.54) is 0 Å². The van der Waals surface area contributed by atoms with Crippen LogP contribution >= 0.6 is 0 Å². The van der Waals surface area contributed by atoms with E-state index in [-0.39, 0.29) is 5.41 Å². The van der Waals surface area contributed by atoms with Crippen LogP contribution in [0.25, 0.3) is 0 Å². The maximum atomic E-state index is 15.0. The molecule has 0 spiro atoms. The third-order valence-corrected chi connectivity index (χ3v) is 5.01. The second-order valence-corrected chi connectivity index (χ2v) is 7.91. The van der Waals surface area contributed by atoms with Crippen LogP contribution in [-0.2, 0) is 11.8 Å². The van der Waals surface area contributed by atoms with Gasteiger partial charge in [0.2, 0.25) is 0 Å². The first-order valence-corrected chi connectivity index (χ1v) is 10.2. The molecule has 1 atom stereocenters. The molecule has 3 aromatic rings. The second-order valence-electron chi connectivity index (χ2n) is 7.91. The summed E-state index contributed by atoms with van der Waals surface area (Å²) in [7, 11) is 0. The van der Waals surface area contributed by atoms with Crippen molar-refractivity contribution < 1.29 is 13.9 Å². The average Bonchev–Trinajstić information content (AvgIpc) is 2.69. The van der Waals surface area contributed by atoms with Crippen LogP contribution < -0.4 is 9.47 Å². The van der Waals surface area contributed by atoms with E-state index in [0.29, 0.717) is 19.4 Å². The molecule has 3 rings (SSSR count). The number of rotatable bonds is 9. The van der Waals surface area contributed by atoms with Crippen molar-refractivity contribution in [3.63, 3.8) is 0 Å². The summed E-state index contributed by atoms with van der Waals surface area (Å²) in [6.45, 7) is 6.78. The minimum absolute atomic E-state index is 0.262. The van der Waals surface area contributed by atoms with E-state index in [2.05, 4.69) is 13.8 Å². The van der Waals surface area contributed by atoms with E-state index in [0.717, 1.165) is 28.4 Å². The molecule has 0 aliphatic rings. The number of halogens is 1. The highest BCUT2D eigenvalue weighted by molar-refractivity contribution is 5.35. The SMILES string of the molecule is CCOc1ccc(C(C)(C)CC(F)Cc2cccc(Oc3ccccc3)c2)cc1. The Morgan fingerprint density at radius 3 is 2.21 bits per heavy atom. The molecule has 2 nitrogen and oxygen atoms in total. The van der Waals surface area contributed by atoms with Gasteiger partial charge in [0.25, 0.3) is 0 Å². The van der Waals surface area contributed by atoms with Crippen molar-refractivity contribution in [1.82, 2.24) is 0 Å². The van der Waals surface area contributed by atoms with Crippen molar-refractivity contribution in [2.24, 2.45) is 0 Å². The Bertz CT molecular complexity index is 888. The number of hydrogen-bond donors (Lipinski definition) is 0. The zero-order valence-electron chi connectivity index (χ0n) is 17.4. The quantitative estimate of drug-likeness (QED) is 0.386. The van der Waals surface area contributed by atoms with E-state index in [9.17, 15) is 4.39 Å².